The van der Waals surface area contributed by atoms with E-state index in [0.717, 1.165) is 28.2 Å². The molecule has 0 saturated carbocycles. The van der Waals surface area contributed by atoms with E-state index in [-0.39, 0.29) is 0 Å². The predicted octanol–water partition coefficient (Wildman–Crippen LogP) is 4.60. The number of thiazole rings is 1. The van der Waals surface area contributed by atoms with Crippen molar-refractivity contribution in [2.24, 2.45) is 0 Å². The number of nitrogen functional groups attached to an aromatic ring is 2. The second-order valence-corrected chi connectivity index (χ2v) is 8.91. The number of likely N-dealkylation sites (tertiary alicyclic amines) is 1. The molecular weight excluding hydrogens is 408 g/mol. The summed E-state index contributed by atoms with van der Waals surface area (Å²) in [5.41, 5.74) is 17.0. The zero-order chi connectivity index (χ0) is 21.4. The quantitative estimate of drug-likeness (QED) is 0.444. The molecule has 0 aliphatic carbocycles. The number of aryl methyl sites for hydroxylation is 1. The maximum Gasteiger partial charge on any atom is 0.272 e. The fraction of sp³-hybridized carbons (Fsp3) is 0.261. The van der Waals surface area contributed by atoms with Gasteiger partial charge in [-0.15, -0.1) is 11.3 Å². The summed E-state index contributed by atoms with van der Waals surface area (Å²) >= 11 is 1.46. The van der Waals surface area contributed by atoms with E-state index in [9.17, 15) is 0 Å². The van der Waals surface area contributed by atoms with Gasteiger partial charge in [0.25, 0.3) is 5.89 Å². The summed E-state index contributed by atoms with van der Waals surface area (Å²) in [5, 5.41) is 4.98. The van der Waals surface area contributed by atoms with E-state index < -0.39 is 0 Å². The molecule has 5 rings (SSSR count). The van der Waals surface area contributed by atoms with Gasteiger partial charge in [0.1, 0.15) is 15.7 Å². The Hall–Kier alpha value is -3.23. The van der Waals surface area contributed by atoms with Crippen molar-refractivity contribution < 1.29 is 4.52 Å². The van der Waals surface area contributed by atoms with E-state index in [1.54, 1.807) is 0 Å². The van der Waals surface area contributed by atoms with Crippen LogP contribution in [-0.4, -0.2) is 33.1 Å². The fourth-order valence-electron chi connectivity index (χ4n) is 3.92. The second-order valence-electron chi connectivity index (χ2n) is 7.91. The molecule has 8 heteroatoms. The Balaban J connectivity index is 1.43. The van der Waals surface area contributed by atoms with Crippen LogP contribution in [0.25, 0.3) is 32.7 Å². The zero-order valence-electron chi connectivity index (χ0n) is 17.3. The molecular formula is C23H24N6OS. The summed E-state index contributed by atoms with van der Waals surface area (Å²) in [4.78, 5) is 12.3. The second kappa shape index (κ2) is 8.13. The van der Waals surface area contributed by atoms with Crippen molar-refractivity contribution in [2.75, 3.05) is 24.6 Å². The van der Waals surface area contributed by atoms with Crippen LogP contribution in [0, 0.1) is 6.92 Å². The molecule has 2 aromatic carbocycles. The van der Waals surface area contributed by atoms with Crippen molar-refractivity contribution in [1.82, 2.24) is 20.0 Å². The molecule has 0 spiro atoms. The lowest BCUT2D eigenvalue weighted by Crippen LogP contribution is -2.18. The first-order valence-corrected chi connectivity index (χ1v) is 11.2. The van der Waals surface area contributed by atoms with E-state index in [1.165, 1.54) is 42.8 Å². The highest BCUT2D eigenvalue weighted by Gasteiger charge is 2.20. The van der Waals surface area contributed by atoms with Gasteiger partial charge in [0, 0.05) is 23.4 Å². The van der Waals surface area contributed by atoms with Crippen molar-refractivity contribution >= 4 is 22.8 Å². The van der Waals surface area contributed by atoms with Crippen molar-refractivity contribution in [1.29, 1.82) is 0 Å². The number of nitrogens with zero attached hydrogens (tertiary/aromatic N) is 4. The molecule has 158 valence electrons. The molecule has 3 heterocycles. The number of hydrogen-bond acceptors (Lipinski definition) is 8. The molecule has 0 bridgehead atoms. The predicted molar refractivity (Wildman–Crippen MR) is 124 cm³/mol. The van der Waals surface area contributed by atoms with Crippen LogP contribution in [0.1, 0.15) is 24.0 Å². The normalized spacial score (nSPS) is 14.4. The maximum atomic E-state index is 6.23. The monoisotopic (exact) mass is 432 g/mol. The van der Waals surface area contributed by atoms with Crippen molar-refractivity contribution in [3.63, 3.8) is 0 Å². The molecule has 0 radical (unpaired) electrons. The highest BCUT2D eigenvalue weighted by Crippen LogP contribution is 2.37. The van der Waals surface area contributed by atoms with Crippen LogP contribution in [-0.2, 0) is 6.54 Å². The van der Waals surface area contributed by atoms with Gasteiger partial charge in [-0.3, -0.25) is 4.90 Å². The van der Waals surface area contributed by atoms with E-state index in [1.807, 2.05) is 25.1 Å². The van der Waals surface area contributed by atoms with Crippen LogP contribution in [0.5, 0.6) is 0 Å². The highest BCUT2D eigenvalue weighted by atomic mass is 32.1. The minimum atomic E-state index is 0.367. The Morgan fingerprint density at radius 2 is 1.90 bits per heavy atom. The van der Waals surface area contributed by atoms with Crippen LogP contribution >= 0.6 is 11.3 Å². The smallest absolute Gasteiger partial charge is 0.272 e. The summed E-state index contributed by atoms with van der Waals surface area (Å²) in [7, 11) is 0. The third-order valence-electron chi connectivity index (χ3n) is 5.55. The van der Waals surface area contributed by atoms with Gasteiger partial charge in [-0.2, -0.15) is 4.98 Å². The van der Waals surface area contributed by atoms with Crippen LogP contribution in [0.3, 0.4) is 0 Å². The molecule has 2 aromatic heterocycles. The van der Waals surface area contributed by atoms with Gasteiger partial charge >= 0.3 is 0 Å². The summed E-state index contributed by atoms with van der Waals surface area (Å²) in [6.45, 7) is 5.29. The molecule has 1 fully saturated rings. The average Bonchev–Trinajstić information content (AvgIpc) is 3.51. The summed E-state index contributed by atoms with van der Waals surface area (Å²) in [5.74, 6) is 1.25. The number of benzene rings is 2. The number of nitrogens with two attached hydrogens (primary N) is 2. The highest BCUT2D eigenvalue weighted by molar-refractivity contribution is 7.18. The standard InChI is InChI=1S/C23H24N6OS/c1-14-7-8-17(24)12-18(14)21-27-22(30-28-21)19-20(25)26-23(31-19)16-6-4-5-15(11-16)13-29-9-2-3-10-29/h4-8,11-12H,2-3,9-10,13,24-25H2,1H3. The van der Waals surface area contributed by atoms with Gasteiger partial charge in [-0.25, -0.2) is 4.98 Å². The number of anilines is 2. The Morgan fingerprint density at radius 3 is 2.74 bits per heavy atom. The largest absolute Gasteiger partial charge is 0.399 e. The van der Waals surface area contributed by atoms with Crippen LogP contribution in [0.15, 0.2) is 47.0 Å². The molecule has 1 aliphatic rings. The first-order valence-electron chi connectivity index (χ1n) is 10.4. The number of rotatable bonds is 5. The molecule has 1 saturated heterocycles. The van der Waals surface area contributed by atoms with Crippen LogP contribution in [0.2, 0.25) is 0 Å². The van der Waals surface area contributed by atoms with E-state index in [4.69, 9.17) is 16.0 Å². The van der Waals surface area contributed by atoms with Crippen molar-refractivity contribution in [3.8, 4) is 32.7 Å². The summed E-state index contributed by atoms with van der Waals surface area (Å²) in [6.07, 6.45) is 2.57. The summed E-state index contributed by atoms with van der Waals surface area (Å²) < 4.78 is 5.52. The van der Waals surface area contributed by atoms with Crippen LogP contribution < -0.4 is 11.5 Å². The first-order chi connectivity index (χ1) is 15.1. The molecule has 4 N–H and O–H groups in total. The van der Waals surface area contributed by atoms with Gasteiger partial charge in [0.2, 0.25) is 5.82 Å². The van der Waals surface area contributed by atoms with Gasteiger partial charge in [0.15, 0.2) is 0 Å². The zero-order valence-corrected chi connectivity index (χ0v) is 18.2. The van der Waals surface area contributed by atoms with Gasteiger partial charge in [-0.1, -0.05) is 29.4 Å². The minimum Gasteiger partial charge on any atom is -0.399 e. The minimum absolute atomic E-state index is 0.367. The van der Waals surface area contributed by atoms with Gasteiger partial charge < -0.3 is 16.0 Å². The van der Waals surface area contributed by atoms with Crippen molar-refractivity contribution in [3.05, 3.63) is 53.6 Å². The van der Waals surface area contributed by atoms with E-state index >= 15 is 0 Å². The van der Waals surface area contributed by atoms with E-state index in [0.29, 0.717) is 28.1 Å². The molecule has 31 heavy (non-hydrogen) atoms. The molecule has 0 atom stereocenters. The van der Waals surface area contributed by atoms with Gasteiger partial charge in [0.05, 0.1) is 0 Å². The lowest BCUT2D eigenvalue weighted by Gasteiger charge is -2.14. The van der Waals surface area contributed by atoms with Gasteiger partial charge in [-0.05, 0) is 62.2 Å². The lowest BCUT2D eigenvalue weighted by atomic mass is 10.1. The first kappa shape index (κ1) is 19.7. The maximum absolute atomic E-state index is 6.23. The fourth-order valence-corrected chi connectivity index (χ4v) is 4.82. The molecule has 7 nitrogen and oxygen atoms in total. The number of hydrogen-bond donors (Lipinski definition) is 2. The third-order valence-corrected chi connectivity index (χ3v) is 6.66. The Labute approximate surface area is 184 Å². The number of aromatic nitrogens is 3. The molecule has 0 amide bonds. The topological polar surface area (TPSA) is 107 Å². The molecule has 1 aliphatic heterocycles. The third kappa shape index (κ3) is 4.04. The molecule has 0 unspecified atom stereocenters. The Kier molecular flexibility index (Phi) is 5.17. The van der Waals surface area contributed by atoms with Crippen molar-refractivity contribution in [2.45, 2.75) is 26.3 Å². The van der Waals surface area contributed by atoms with E-state index in [2.05, 4.69) is 44.3 Å². The van der Waals surface area contributed by atoms with Crippen LogP contribution in [0.4, 0.5) is 11.5 Å². The Morgan fingerprint density at radius 1 is 1.06 bits per heavy atom. The Bertz CT molecular complexity index is 1220. The average molecular weight is 433 g/mol. The lowest BCUT2D eigenvalue weighted by molar-refractivity contribution is 0.331. The SMILES string of the molecule is Cc1ccc(N)cc1-c1noc(-c2sc(-c3cccc(CN4CCCC4)c3)nc2N)n1. The summed E-state index contributed by atoms with van der Waals surface area (Å²) in [6, 6.07) is 14.1. The molecule has 4 aromatic rings.